The van der Waals surface area contributed by atoms with Crippen molar-refractivity contribution < 1.29 is 17.6 Å². The van der Waals surface area contributed by atoms with Crippen molar-refractivity contribution in [2.45, 2.75) is 89.9 Å². The van der Waals surface area contributed by atoms with E-state index in [-0.39, 0.29) is 5.56 Å². The fourth-order valence-corrected chi connectivity index (χ4v) is 5.90. The maximum atomic E-state index is 14.8. The SMILES string of the molecule is CCCCCCCc1ccc([C@H]2CC[C@H](CCc3cc(F)c(-c4cc(F)c(Cl)c(F)c4)c(F)c3)CC2)cc1. The Morgan fingerprint density at radius 1 is 0.684 bits per heavy atom. The Morgan fingerprint density at radius 3 is 1.89 bits per heavy atom. The smallest absolute Gasteiger partial charge is 0.145 e. The molecule has 0 spiro atoms. The van der Waals surface area contributed by atoms with Crippen molar-refractivity contribution in [1.82, 2.24) is 0 Å². The summed E-state index contributed by atoms with van der Waals surface area (Å²) in [4.78, 5) is 0. The normalized spacial score (nSPS) is 17.6. The Labute approximate surface area is 229 Å². The molecule has 0 N–H and O–H groups in total. The summed E-state index contributed by atoms with van der Waals surface area (Å²) < 4.78 is 57.2. The van der Waals surface area contributed by atoms with Crippen LogP contribution in [0.1, 0.15) is 93.7 Å². The first-order chi connectivity index (χ1) is 18.4. The monoisotopic (exact) mass is 544 g/mol. The fourth-order valence-electron chi connectivity index (χ4n) is 5.79. The summed E-state index contributed by atoms with van der Waals surface area (Å²) in [5.74, 6) is -2.63. The summed E-state index contributed by atoms with van der Waals surface area (Å²) in [6.07, 6.45) is 13.6. The topological polar surface area (TPSA) is 0 Å². The van der Waals surface area contributed by atoms with Crippen molar-refractivity contribution in [1.29, 1.82) is 0 Å². The van der Waals surface area contributed by atoms with Gasteiger partial charge in [-0.3, -0.25) is 0 Å². The van der Waals surface area contributed by atoms with Gasteiger partial charge in [-0.2, -0.15) is 0 Å². The lowest BCUT2D eigenvalue weighted by Crippen LogP contribution is -2.14. The van der Waals surface area contributed by atoms with Gasteiger partial charge in [0.1, 0.15) is 28.3 Å². The zero-order valence-electron chi connectivity index (χ0n) is 22.1. The molecule has 1 saturated carbocycles. The molecule has 4 rings (SSSR count). The number of unbranched alkanes of at least 4 members (excludes halogenated alkanes) is 4. The number of benzene rings is 3. The minimum atomic E-state index is -1.05. The van der Waals surface area contributed by atoms with Gasteiger partial charge < -0.3 is 0 Å². The number of hydrogen-bond donors (Lipinski definition) is 0. The van der Waals surface area contributed by atoms with E-state index in [1.807, 2.05) is 0 Å². The van der Waals surface area contributed by atoms with E-state index in [0.717, 1.165) is 50.7 Å². The molecular formula is C33H37ClF4. The van der Waals surface area contributed by atoms with E-state index in [0.29, 0.717) is 23.8 Å². The zero-order chi connectivity index (χ0) is 27.1. The average Bonchev–Trinajstić information content (AvgIpc) is 2.91. The molecule has 1 aliphatic rings. The summed E-state index contributed by atoms with van der Waals surface area (Å²) in [5.41, 5.74) is 2.77. The Kier molecular flexibility index (Phi) is 10.3. The van der Waals surface area contributed by atoms with E-state index in [1.165, 1.54) is 55.4 Å². The molecule has 0 atom stereocenters. The summed E-state index contributed by atoms with van der Waals surface area (Å²) in [6.45, 7) is 2.24. The average molecular weight is 545 g/mol. The van der Waals surface area contributed by atoms with Crippen LogP contribution in [0.5, 0.6) is 0 Å². The highest BCUT2D eigenvalue weighted by molar-refractivity contribution is 6.31. The number of halogens is 5. The Bertz CT molecular complexity index is 1150. The molecule has 0 bridgehead atoms. The van der Waals surface area contributed by atoms with Gasteiger partial charge in [0.2, 0.25) is 0 Å². The van der Waals surface area contributed by atoms with Crippen LogP contribution in [0.3, 0.4) is 0 Å². The third-order valence-electron chi connectivity index (χ3n) is 8.08. The third kappa shape index (κ3) is 7.40. The minimum Gasteiger partial charge on any atom is -0.206 e. The van der Waals surface area contributed by atoms with Gasteiger partial charge in [-0.05, 0) is 110 Å². The van der Waals surface area contributed by atoms with Crippen LogP contribution in [0.25, 0.3) is 11.1 Å². The molecule has 0 radical (unpaired) electrons. The highest BCUT2D eigenvalue weighted by Crippen LogP contribution is 2.38. The van der Waals surface area contributed by atoms with Crippen molar-refractivity contribution in [3.8, 4) is 11.1 Å². The minimum absolute atomic E-state index is 0.204. The van der Waals surface area contributed by atoms with Gasteiger partial charge in [0.05, 0.1) is 5.56 Å². The highest BCUT2D eigenvalue weighted by Gasteiger charge is 2.23. The molecule has 0 saturated heterocycles. The molecule has 1 fully saturated rings. The van der Waals surface area contributed by atoms with Crippen molar-refractivity contribution in [3.63, 3.8) is 0 Å². The molecule has 3 aromatic carbocycles. The van der Waals surface area contributed by atoms with Gasteiger partial charge in [-0.15, -0.1) is 0 Å². The summed E-state index contributed by atoms with van der Waals surface area (Å²) in [7, 11) is 0. The van der Waals surface area contributed by atoms with E-state index in [2.05, 4.69) is 31.2 Å². The number of rotatable bonds is 11. The van der Waals surface area contributed by atoms with Crippen LogP contribution in [0.4, 0.5) is 17.6 Å². The predicted octanol–water partition coefficient (Wildman–Crippen LogP) is 11.0. The highest BCUT2D eigenvalue weighted by atomic mass is 35.5. The molecule has 204 valence electrons. The summed E-state index contributed by atoms with van der Waals surface area (Å²) >= 11 is 5.50. The summed E-state index contributed by atoms with van der Waals surface area (Å²) in [5, 5.41) is -0.689. The molecule has 0 amide bonds. The maximum Gasteiger partial charge on any atom is 0.145 e. The van der Waals surface area contributed by atoms with Crippen LogP contribution in [0, 0.1) is 29.2 Å². The van der Waals surface area contributed by atoms with Crippen molar-refractivity contribution in [2.75, 3.05) is 0 Å². The lowest BCUT2D eigenvalue weighted by Gasteiger charge is -2.29. The molecule has 0 aliphatic heterocycles. The van der Waals surface area contributed by atoms with Crippen LogP contribution in [0.15, 0.2) is 48.5 Å². The van der Waals surface area contributed by atoms with Crippen molar-refractivity contribution in [3.05, 3.63) is 93.5 Å². The van der Waals surface area contributed by atoms with E-state index in [1.54, 1.807) is 0 Å². The van der Waals surface area contributed by atoms with Crippen molar-refractivity contribution >= 4 is 11.6 Å². The van der Waals surface area contributed by atoms with Crippen LogP contribution in [-0.2, 0) is 12.8 Å². The van der Waals surface area contributed by atoms with Crippen LogP contribution in [0.2, 0.25) is 5.02 Å². The first-order valence-electron chi connectivity index (χ1n) is 14.1. The number of hydrogen-bond acceptors (Lipinski definition) is 0. The van der Waals surface area contributed by atoms with Gasteiger partial charge in [-0.1, -0.05) is 68.5 Å². The lowest BCUT2D eigenvalue weighted by molar-refractivity contribution is 0.310. The molecule has 0 heterocycles. The van der Waals surface area contributed by atoms with Crippen LogP contribution >= 0.6 is 11.6 Å². The van der Waals surface area contributed by atoms with E-state index in [9.17, 15) is 17.6 Å². The molecule has 3 aromatic rings. The molecule has 0 nitrogen and oxygen atoms in total. The van der Waals surface area contributed by atoms with Crippen molar-refractivity contribution in [2.24, 2.45) is 5.92 Å². The Morgan fingerprint density at radius 2 is 1.29 bits per heavy atom. The van der Waals surface area contributed by atoms with Gasteiger partial charge in [0, 0.05) is 0 Å². The Hall–Kier alpha value is -2.33. The number of aryl methyl sites for hydroxylation is 2. The van der Waals surface area contributed by atoms with Gasteiger partial charge in [-0.25, -0.2) is 17.6 Å². The molecule has 0 unspecified atom stereocenters. The Balaban J connectivity index is 1.27. The van der Waals surface area contributed by atoms with E-state index < -0.39 is 33.9 Å². The first kappa shape index (κ1) is 28.7. The predicted molar refractivity (Wildman–Crippen MR) is 149 cm³/mol. The molecule has 38 heavy (non-hydrogen) atoms. The summed E-state index contributed by atoms with van der Waals surface area (Å²) in [6, 6.07) is 13.5. The van der Waals surface area contributed by atoms with Gasteiger partial charge in [0.25, 0.3) is 0 Å². The zero-order valence-corrected chi connectivity index (χ0v) is 22.9. The second kappa shape index (κ2) is 13.6. The second-order valence-electron chi connectivity index (χ2n) is 10.9. The van der Waals surface area contributed by atoms with Crippen LogP contribution in [-0.4, -0.2) is 0 Å². The van der Waals surface area contributed by atoms with E-state index in [4.69, 9.17) is 11.6 Å². The molecular weight excluding hydrogens is 508 g/mol. The van der Waals surface area contributed by atoms with Gasteiger partial charge in [0.15, 0.2) is 0 Å². The third-order valence-corrected chi connectivity index (χ3v) is 8.44. The second-order valence-corrected chi connectivity index (χ2v) is 11.2. The largest absolute Gasteiger partial charge is 0.206 e. The molecule has 0 aromatic heterocycles. The van der Waals surface area contributed by atoms with E-state index >= 15 is 0 Å². The maximum absolute atomic E-state index is 14.8. The van der Waals surface area contributed by atoms with Crippen LogP contribution < -0.4 is 0 Å². The molecule has 1 aliphatic carbocycles. The molecule has 5 heteroatoms. The quantitative estimate of drug-likeness (QED) is 0.128. The first-order valence-corrected chi connectivity index (χ1v) is 14.4. The fraction of sp³-hybridized carbons (Fsp3) is 0.455. The van der Waals surface area contributed by atoms with Gasteiger partial charge >= 0.3 is 0 Å². The standard InChI is InChI=1S/C33H37ClF4/c1-2-3-4-5-6-7-22-10-14-25(15-11-22)26-16-12-23(13-17-26)8-9-24-18-28(35)32(29(36)19-24)27-20-30(37)33(34)31(38)21-27/h10-11,14-15,18-21,23,26H,2-9,12-13,16-17H2,1H3/t23-,26-. The lowest BCUT2D eigenvalue weighted by atomic mass is 9.76.